The highest BCUT2D eigenvalue weighted by atomic mass is 35.5. The number of oxazole rings is 1. The molecule has 0 spiro atoms. The van der Waals surface area contributed by atoms with E-state index in [4.69, 9.17) is 4.42 Å². The molecule has 7 nitrogen and oxygen atoms in total. The number of hydrogen-bond donors (Lipinski definition) is 2. The summed E-state index contributed by atoms with van der Waals surface area (Å²) >= 11 is 0. The summed E-state index contributed by atoms with van der Waals surface area (Å²) < 4.78 is 7.25. The van der Waals surface area contributed by atoms with Gasteiger partial charge in [-0.05, 0) is 50.1 Å². The molecular formula is C19H22ClN5O2. The zero-order chi connectivity index (χ0) is 17.9. The Balaban J connectivity index is 0.00000210. The number of piperidine rings is 1. The normalized spacial score (nSPS) is 16.6. The van der Waals surface area contributed by atoms with Gasteiger partial charge in [-0.3, -0.25) is 9.48 Å². The van der Waals surface area contributed by atoms with Crippen molar-refractivity contribution < 1.29 is 9.21 Å². The smallest absolute Gasteiger partial charge is 0.276 e. The first-order valence-corrected chi connectivity index (χ1v) is 8.78. The van der Waals surface area contributed by atoms with Crippen molar-refractivity contribution >= 4 is 24.0 Å². The molecule has 1 aliphatic heterocycles. The molecule has 3 aromatic rings. The lowest BCUT2D eigenvalue weighted by Crippen LogP contribution is -2.32. The molecule has 1 amide bonds. The van der Waals surface area contributed by atoms with Crippen molar-refractivity contribution in [3.63, 3.8) is 0 Å². The number of carbonyl (C=O) groups excluding carboxylic acids is 1. The number of aromatic nitrogens is 3. The summed E-state index contributed by atoms with van der Waals surface area (Å²) in [6.45, 7) is 3.91. The fraction of sp³-hybridized carbons (Fsp3) is 0.316. The maximum atomic E-state index is 12.6. The molecule has 142 valence electrons. The second-order valence-electron chi connectivity index (χ2n) is 6.50. The van der Waals surface area contributed by atoms with Gasteiger partial charge in [0.25, 0.3) is 5.91 Å². The molecule has 1 atom stereocenters. The van der Waals surface area contributed by atoms with Gasteiger partial charge in [-0.2, -0.15) is 5.10 Å². The van der Waals surface area contributed by atoms with E-state index in [-0.39, 0.29) is 18.3 Å². The molecule has 1 saturated heterocycles. The van der Waals surface area contributed by atoms with Gasteiger partial charge in [-0.15, -0.1) is 12.4 Å². The van der Waals surface area contributed by atoms with Crippen LogP contribution < -0.4 is 10.6 Å². The lowest BCUT2D eigenvalue weighted by atomic mass is 10.1. The third-order valence-corrected chi connectivity index (χ3v) is 4.64. The maximum Gasteiger partial charge on any atom is 0.276 e. The first kappa shape index (κ1) is 19.1. The summed E-state index contributed by atoms with van der Waals surface area (Å²) in [7, 11) is 0. The molecule has 0 bridgehead atoms. The van der Waals surface area contributed by atoms with Crippen LogP contribution in [0.3, 0.4) is 0 Å². The number of hydrogen-bond acceptors (Lipinski definition) is 5. The summed E-state index contributed by atoms with van der Waals surface area (Å²) in [6, 6.07) is 7.72. The zero-order valence-corrected chi connectivity index (χ0v) is 15.8. The van der Waals surface area contributed by atoms with E-state index in [0.29, 0.717) is 23.3 Å². The van der Waals surface area contributed by atoms with Gasteiger partial charge in [0.05, 0.1) is 12.2 Å². The molecule has 1 fully saturated rings. The lowest BCUT2D eigenvalue weighted by molar-refractivity contribution is 0.102. The number of halogens is 1. The molecule has 0 aliphatic carbocycles. The van der Waals surface area contributed by atoms with E-state index in [2.05, 4.69) is 20.7 Å². The summed E-state index contributed by atoms with van der Waals surface area (Å²) in [5.74, 6) is 0.308. The van der Waals surface area contributed by atoms with Gasteiger partial charge in [0.2, 0.25) is 5.89 Å². The van der Waals surface area contributed by atoms with Crippen molar-refractivity contribution in [2.75, 3.05) is 18.4 Å². The Hall–Kier alpha value is -2.64. The van der Waals surface area contributed by atoms with E-state index in [0.717, 1.165) is 37.1 Å². The van der Waals surface area contributed by atoms with Crippen LogP contribution in [0.5, 0.6) is 0 Å². The number of nitrogens with one attached hydrogen (secondary N) is 2. The molecule has 0 radical (unpaired) electrons. The number of aryl methyl sites for hydroxylation is 1. The van der Waals surface area contributed by atoms with Crippen LogP contribution in [0.4, 0.5) is 5.69 Å². The largest absolute Gasteiger partial charge is 0.445 e. The fourth-order valence-electron chi connectivity index (χ4n) is 3.20. The molecule has 8 heteroatoms. The van der Waals surface area contributed by atoms with Crippen LogP contribution in [-0.4, -0.2) is 33.8 Å². The monoisotopic (exact) mass is 387 g/mol. The lowest BCUT2D eigenvalue weighted by Gasteiger charge is -2.22. The van der Waals surface area contributed by atoms with E-state index in [9.17, 15) is 4.79 Å². The van der Waals surface area contributed by atoms with Crippen molar-refractivity contribution in [1.82, 2.24) is 20.1 Å². The van der Waals surface area contributed by atoms with Crippen molar-refractivity contribution in [2.24, 2.45) is 0 Å². The van der Waals surface area contributed by atoms with Gasteiger partial charge < -0.3 is 15.1 Å². The predicted molar refractivity (Wildman–Crippen MR) is 105 cm³/mol. The molecule has 2 aromatic heterocycles. The van der Waals surface area contributed by atoms with Crippen molar-refractivity contribution in [1.29, 1.82) is 0 Å². The van der Waals surface area contributed by atoms with Gasteiger partial charge in [-0.1, -0.05) is 6.07 Å². The Kier molecular flexibility index (Phi) is 5.93. The van der Waals surface area contributed by atoms with Crippen LogP contribution in [0, 0.1) is 6.92 Å². The zero-order valence-electron chi connectivity index (χ0n) is 15.0. The summed E-state index contributed by atoms with van der Waals surface area (Å²) in [5.41, 5.74) is 2.97. The molecule has 3 heterocycles. The number of nitrogens with zero attached hydrogens (tertiary/aromatic N) is 3. The van der Waals surface area contributed by atoms with Crippen molar-refractivity contribution in [3.05, 3.63) is 54.2 Å². The Morgan fingerprint density at radius 3 is 3.00 bits per heavy atom. The molecule has 27 heavy (non-hydrogen) atoms. The molecular weight excluding hydrogens is 366 g/mol. The van der Waals surface area contributed by atoms with Crippen LogP contribution >= 0.6 is 12.4 Å². The van der Waals surface area contributed by atoms with Crippen molar-refractivity contribution in [2.45, 2.75) is 25.8 Å². The van der Waals surface area contributed by atoms with Crippen molar-refractivity contribution in [3.8, 4) is 11.5 Å². The predicted octanol–water partition coefficient (Wildman–Crippen LogP) is 3.45. The average Bonchev–Trinajstić information content (AvgIpc) is 3.36. The van der Waals surface area contributed by atoms with Crippen LogP contribution in [0.25, 0.3) is 11.5 Å². The Morgan fingerprint density at radius 1 is 1.37 bits per heavy atom. The Bertz CT molecular complexity index is 901. The third kappa shape index (κ3) is 4.20. The summed E-state index contributed by atoms with van der Waals surface area (Å²) in [5, 5.41) is 10.7. The van der Waals surface area contributed by atoms with Gasteiger partial charge in [0.1, 0.15) is 6.26 Å². The Labute approximate surface area is 163 Å². The average molecular weight is 388 g/mol. The first-order valence-electron chi connectivity index (χ1n) is 8.78. The molecule has 2 N–H and O–H groups in total. The third-order valence-electron chi connectivity index (χ3n) is 4.64. The second kappa shape index (κ2) is 8.37. The highest BCUT2D eigenvalue weighted by Crippen LogP contribution is 2.25. The van der Waals surface area contributed by atoms with Gasteiger partial charge in [0.15, 0.2) is 5.69 Å². The highest BCUT2D eigenvalue weighted by molar-refractivity contribution is 6.03. The van der Waals surface area contributed by atoms with Gasteiger partial charge >= 0.3 is 0 Å². The summed E-state index contributed by atoms with van der Waals surface area (Å²) in [6.07, 6.45) is 7.21. The molecule has 1 unspecified atom stereocenters. The van der Waals surface area contributed by atoms with Crippen LogP contribution in [0.2, 0.25) is 0 Å². The molecule has 1 aromatic carbocycles. The molecule has 0 saturated carbocycles. The van der Waals surface area contributed by atoms with E-state index in [1.165, 1.54) is 6.26 Å². The SMILES string of the molecule is Cc1ccc(NC(=O)c2ccn(C3CCCNC3)n2)cc1-c1ncco1.Cl. The quantitative estimate of drug-likeness (QED) is 0.716. The van der Waals surface area contributed by atoms with Crippen LogP contribution in [-0.2, 0) is 0 Å². The van der Waals surface area contributed by atoms with Gasteiger partial charge in [-0.25, -0.2) is 4.98 Å². The number of rotatable bonds is 4. The summed E-state index contributed by atoms with van der Waals surface area (Å²) in [4.78, 5) is 16.7. The Morgan fingerprint density at radius 2 is 2.26 bits per heavy atom. The van der Waals surface area contributed by atoms with E-state index < -0.39 is 0 Å². The number of anilines is 1. The topological polar surface area (TPSA) is 85.0 Å². The minimum absolute atomic E-state index is 0. The number of carbonyl (C=O) groups is 1. The van der Waals surface area contributed by atoms with Gasteiger partial charge in [0, 0.05) is 24.0 Å². The van der Waals surface area contributed by atoms with E-state index in [1.54, 1.807) is 12.3 Å². The fourth-order valence-corrected chi connectivity index (χ4v) is 3.20. The standard InChI is InChI=1S/C19H21N5O2.ClH/c1-13-4-5-14(11-16(13)19-21-8-10-26-19)22-18(25)17-6-9-24(23-17)15-3-2-7-20-12-15;/h4-6,8-11,15,20H,2-3,7,12H2,1H3,(H,22,25);1H. The highest BCUT2D eigenvalue weighted by Gasteiger charge is 2.18. The van der Waals surface area contributed by atoms with Crippen LogP contribution in [0.1, 0.15) is 34.9 Å². The van der Waals surface area contributed by atoms with Crippen LogP contribution in [0.15, 0.2) is 47.3 Å². The minimum Gasteiger partial charge on any atom is -0.445 e. The van der Waals surface area contributed by atoms with E-state index >= 15 is 0 Å². The molecule has 1 aliphatic rings. The maximum absolute atomic E-state index is 12.6. The number of benzene rings is 1. The first-order chi connectivity index (χ1) is 12.7. The molecule has 4 rings (SSSR count). The minimum atomic E-state index is -0.227. The second-order valence-corrected chi connectivity index (χ2v) is 6.50. The van der Waals surface area contributed by atoms with E-state index in [1.807, 2.05) is 36.0 Å². The number of amides is 1.